The zero-order valence-corrected chi connectivity index (χ0v) is 13.3. The van der Waals surface area contributed by atoms with E-state index in [4.69, 9.17) is 4.74 Å². The molecule has 0 atom stereocenters. The third-order valence-corrected chi connectivity index (χ3v) is 3.78. The fourth-order valence-electron chi connectivity index (χ4n) is 2.22. The standard InChI is InChI=1S/C19H25NO/c1-15-9-11-18(12-10-15)21-14-5-4-13-20-19-8-6-7-16(2)17(19)3/h6-12,20H,4-5,13-14H2,1-3H3. The Labute approximate surface area is 128 Å². The maximum absolute atomic E-state index is 5.73. The molecular weight excluding hydrogens is 258 g/mol. The molecule has 0 aliphatic carbocycles. The molecule has 0 aliphatic heterocycles. The van der Waals surface area contributed by atoms with E-state index >= 15 is 0 Å². The van der Waals surface area contributed by atoms with Crippen molar-refractivity contribution < 1.29 is 4.74 Å². The SMILES string of the molecule is Cc1ccc(OCCCCNc2cccc(C)c2C)cc1. The quantitative estimate of drug-likeness (QED) is 0.731. The van der Waals surface area contributed by atoms with Gasteiger partial charge in [-0.2, -0.15) is 0 Å². The van der Waals surface area contributed by atoms with E-state index < -0.39 is 0 Å². The van der Waals surface area contributed by atoms with Gasteiger partial charge in [-0.05, 0) is 62.9 Å². The van der Waals surface area contributed by atoms with Gasteiger partial charge in [-0.25, -0.2) is 0 Å². The highest BCUT2D eigenvalue weighted by atomic mass is 16.5. The van der Waals surface area contributed by atoms with Crippen LogP contribution in [0.5, 0.6) is 5.75 Å². The zero-order valence-electron chi connectivity index (χ0n) is 13.3. The minimum atomic E-state index is 0.775. The molecule has 0 radical (unpaired) electrons. The Morgan fingerprint density at radius 3 is 2.43 bits per heavy atom. The van der Waals surface area contributed by atoms with Crippen LogP contribution in [0, 0.1) is 20.8 Å². The molecule has 0 amide bonds. The van der Waals surface area contributed by atoms with E-state index in [0.29, 0.717) is 0 Å². The summed E-state index contributed by atoms with van der Waals surface area (Å²) < 4.78 is 5.73. The zero-order chi connectivity index (χ0) is 15.1. The predicted octanol–water partition coefficient (Wildman–Crippen LogP) is 4.88. The van der Waals surface area contributed by atoms with Crippen LogP contribution in [0.15, 0.2) is 42.5 Å². The number of hydrogen-bond acceptors (Lipinski definition) is 2. The van der Waals surface area contributed by atoms with Gasteiger partial charge in [0.15, 0.2) is 0 Å². The van der Waals surface area contributed by atoms with Crippen LogP contribution in [0.2, 0.25) is 0 Å². The van der Waals surface area contributed by atoms with E-state index in [9.17, 15) is 0 Å². The lowest BCUT2D eigenvalue weighted by molar-refractivity contribution is 0.308. The smallest absolute Gasteiger partial charge is 0.119 e. The van der Waals surface area contributed by atoms with Gasteiger partial charge < -0.3 is 10.1 Å². The monoisotopic (exact) mass is 283 g/mol. The lowest BCUT2D eigenvalue weighted by Crippen LogP contribution is -2.06. The molecule has 0 bridgehead atoms. The number of unbranched alkanes of at least 4 members (excludes halogenated alkanes) is 1. The first kappa shape index (κ1) is 15.4. The number of anilines is 1. The third-order valence-electron chi connectivity index (χ3n) is 3.78. The molecule has 2 nitrogen and oxygen atoms in total. The van der Waals surface area contributed by atoms with Crippen LogP contribution >= 0.6 is 0 Å². The molecule has 2 aromatic rings. The average Bonchev–Trinajstić information content (AvgIpc) is 2.49. The van der Waals surface area contributed by atoms with Gasteiger partial charge in [-0.3, -0.25) is 0 Å². The molecule has 0 fully saturated rings. The van der Waals surface area contributed by atoms with Crippen LogP contribution < -0.4 is 10.1 Å². The van der Waals surface area contributed by atoms with E-state index in [1.165, 1.54) is 22.4 Å². The summed E-state index contributed by atoms with van der Waals surface area (Å²) in [6.45, 7) is 8.16. The second-order valence-electron chi connectivity index (χ2n) is 5.54. The normalized spacial score (nSPS) is 10.4. The van der Waals surface area contributed by atoms with Crippen LogP contribution in [0.4, 0.5) is 5.69 Å². The van der Waals surface area contributed by atoms with Crippen molar-refractivity contribution in [3.05, 3.63) is 59.2 Å². The van der Waals surface area contributed by atoms with Crippen LogP contribution in [0.1, 0.15) is 29.5 Å². The Bertz CT molecular complexity index is 560. The van der Waals surface area contributed by atoms with Gasteiger partial charge in [0.2, 0.25) is 0 Å². The number of hydrogen-bond donors (Lipinski definition) is 1. The molecule has 0 saturated heterocycles. The first-order valence-electron chi connectivity index (χ1n) is 7.66. The molecule has 112 valence electrons. The van der Waals surface area contributed by atoms with Crippen LogP contribution in [-0.4, -0.2) is 13.2 Å². The number of benzene rings is 2. The highest BCUT2D eigenvalue weighted by Crippen LogP contribution is 2.18. The summed E-state index contributed by atoms with van der Waals surface area (Å²) in [7, 11) is 0. The number of aryl methyl sites for hydroxylation is 2. The highest BCUT2D eigenvalue weighted by molar-refractivity contribution is 5.53. The summed E-state index contributed by atoms with van der Waals surface area (Å²) in [6, 6.07) is 14.6. The molecule has 0 unspecified atom stereocenters. The first-order chi connectivity index (χ1) is 10.2. The van der Waals surface area contributed by atoms with Gasteiger partial charge in [-0.1, -0.05) is 29.8 Å². The van der Waals surface area contributed by atoms with E-state index in [1.54, 1.807) is 0 Å². The van der Waals surface area contributed by atoms with Crippen molar-refractivity contribution in [3.8, 4) is 5.75 Å². The van der Waals surface area contributed by atoms with E-state index in [-0.39, 0.29) is 0 Å². The van der Waals surface area contributed by atoms with Crippen LogP contribution in [0.3, 0.4) is 0 Å². The molecule has 2 rings (SSSR count). The largest absolute Gasteiger partial charge is 0.494 e. The van der Waals surface area contributed by atoms with E-state index in [1.807, 2.05) is 12.1 Å². The van der Waals surface area contributed by atoms with Gasteiger partial charge in [0.25, 0.3) is 0 Å². The van der Waals surface area contributed by atoms with Crippen molar-refractivity contribution in [1.29, 1.82) is 0 Å². The molecule has 1 N–H and O–H groups in total. The first-order valence-corrected chi connectivity index (χ1v) is 7.66. The van der Waals surface area contributed by atoms with Crippen LogP contribution in [-0.2, 0) is 0 Å². The second-order valence-corrected chi connectivity index (χ2v) is 5.54. The highest BCUT2D eigenvalue weighted by Gasteiger charge is 1.99. The van der Waals surface area contributed by atoms with Crippen molar-refractivity contribution in [2.24, 2.45) is 0 Å². The van der Waals surface area contributed by atoms with Crippen molar-refractivity contribution in [2.45, 2.75) is 33.6 Å². The van der Waals surface area contributed by atoms with Gasteiger partial charge >= 0.3 is 0 Å². The van der Waals surface area contributed by atoms with Crippen molar-refractivity contribution in [2.75, 3.05) is 18.5 Å². The summed E-state index contributed by atoms with van der Waals surface area (Å²) in [5, 5.41) is 3.50. The summed E-state index contributed by atoms with van der Waals surface area (Å²) in [5.74, 6) is 0.961. The van der Waals surface area contributed by atoms with Gasteiger partial charge in [0, 0.05) is 12.2 Å². The number of ether oxygens (including phenoxy) is 1. The van der Waals surface area contributed by atoms with Crippen molar-refractivity contribution >= 4 is 5.69 Å². The fraction of sp³-hybridized carbons (Fsp3) is 0.368. The summed E-state index contributed by atoms with van der Waals surface area (Å²) in [6.07, 6.45) is 2.17. The molecular formula is C19H25NO. The minimum Gasteiger partial charge on any atom is -0.494 e. The third kappa shape index (κ3) is 4.82. The van der Waals surface area contributed by atoms with Crippen molar-refractivity contribution in [1.82, 2.24) is 0 Å². The molecule has 21 heavy (non-hydrogen) atoms. The second kappa shape index (κ2) is 7.72. The lowest BCUT2D eigenvalue weighted by atomic mass is 10.1. The Kier molecular flexibility index (Phi) is 5.68. The molecule has 2 heteroatoms. The topological polar surface area (TPSA) is 21.3 Å². The Balaban J connectivity index is 1.64. The molecule has 0 aromatic heterocycles. The molecule has 0 saturated carbocycles. The summed E-state index contributed by atoms with van der Waals surface area (Å²) in [5.41, 5.74) is 5.19. The molecule has 0 aliphatic rings. The Morgan fingerprint density at radius 1 is 0.905 bits per heavy atom. The summed E-state index contributed by atoms with van der Waals surface area (Å²) in [4.78, 5) is 0. The molecule has 0 heterocycles. The van der Waals surface area contributed by atoms with Crippen LogP contribution in [0.25, 0.3) is 0 Å². The number of nitrogens with one attached hydrogen (secondary N) is 1. The van der Waals surface area contributed by atoms with Gasteiger partial charge in [0.05, 0.1) is 6.61 Å². The Hall–Kier alpha value is -1.96. The number of rotatable bonds is 7. The average molecular weight is 283 g/mol. The van der Waals surface area contributed by atoms with Gasteiger partial charge in [0.1, 0.15) is 5.75 Å². The predicted molar refractivity (Wildman–Crippen MR) is 90.3 cm³/mol. The van der Waals surface area contributed by atoms with Crippen molar-refractivity contribution in [3.63, 3.8) is 0 Å². The Morgan fingerprint density at radius 2 is 1.67 bits per heavy atom. The van der Waals surface area contributed by atoms with E-state index in [0.717, 1.165) is 31.7 Å². The minimum absolute atomic E-state index is 0.775. The van der Waals surface area contributed by atoms with E-state index in [2.05, 4.69) is 56.4 Å². The fourth-order valence-corrected chi connectivity index (χ4v) is 2.22. The molecule has 2 aromatic carbocycles. The maximum atomic E-state index is 5.73. The summed E-state index contributed by atoms with van der Waals surface area (Å²) >= 11 is 0. The maximum Gasteiger partial charge on any atom is 0.119 e. The van der Waals surface area contributed by atoms with Gasteiger partial charge in [-0.15, -0.1) is 0 Å². The molecule has 0 spiro atoms. The lowest BCUT2D eigenvalue weighted by Gasteiger charge is -2.11.